The molecule has 170 valence electrons. The topological polar surface area (TPSA) is 141 Å². The molecule has 1 aromatic carbocycles. The van der Waals surface area contributed by atoms with Gasteiger partial charge in [0.15, 0.2) is 11.1 Å². The summed E-state index contributed by atoms with van der Waals surface area (Å²) in [5, 5.41) is 17.9. The normalized spacial score (nSPS) is 14.9. The van der Waals surface area contributed by atoms with Gasteiger partial charge < -0.3 is 20.0 Å². The van der Waals surface area contributed by atoms with Crippen molar-refractivity contribution in [1.82, 2.24) is 34.1 Å². The fourth-order valence-corrected chi connectivity index (χ4v) is 3.58. The molecular formula is C22H18FN9O2. The second kappa shape index (κ2) is 7.69. The summed E-state index contributed by atoms with van der Waals surface area (Å²) in [6.07, 6.45) is 10.0. The summed E-state index contributed by atoms with van der Waals surface area (Å²) >= 11 is 0. The maximum absolute atomic E-state index is 14.9. The number of rotatable bonds is 5. The Hall–Kier alpha value is -4.74. The number of benzene rings is 1. The highest BCUT2D eigenvalue weighted by Gasteiger charge is 2.20. The third-order valence-electron chi connectivity index (χ3n) is 5.40. The molecule has 12 heteroatoms. The zero-order chi connectivity index (χ0) is 23.2. The van der Waals surface area contributed by atoms with Gasteiger partial charge >= 0.3 is 5.69 Å². The largest absolute Gasteiger partial charge is 0.493 e. The predicted octanol–water partition coefficient (Wildman–Crippen LogP) is 1.13. The van der Waals surface area contributed by atoms with Gasteiger partial charge in [0.25, 0.3) is 0 Å². The van der Waals surface area contributed by atoms with Crippen molar-refractivity contribution in [2.75, 3.05) is 5.32 Å². The fourth-order valence-electron chi connectivity index (χ4n) is 3.58. The van der Waals surface area contributed by atoms with E-state index >= 15 is 0 Å². The number of hydrogen-bond acceptors (Lipinski definition) is 7. The molecule has 5 aromatic rings. The third-order valence-corrected chi connectivity index (χ3v) is 5.40. The van der Waals surface area contributed by atoms with Crippen LogP contribution in [0.4, 0.5) is 15.9 Å². The van der Waals surface area contributed by atoms with Crippen LogP contribution in [0, 0.1) is 5.82 Å². The van der Waals surface area contributed by atoms with Crippen molar-refractivity contribution in [3.8, 4) is 11.6 Å². The molecule has 4 aromatic heterocycles. The van der Waals surface area contributed by atoms with E-state index < -0.39 is 11.5 Å². The van der Waals surface area contributed by atoms with Crippen molar-refractivity contribution in [1.29, 1.82) is 0 Å². The summed E-state index contributed by atoms with van der Waals surface area (Å²) in [5.41, 5.74) is 1.55. The number of hydrogen-bond donors (Lipinski definition) is 4. The SMILES string of the molecule is O=c1[nH]c(O)c(/C=c2\cnn3c(=NC4CC4)cc(Nc4ccc(-n5ccnc5)cc4F)nc23)[nH]1. The summed E-state index contributed by atoms with van der Waals surface area (Å²) in [5.74, 6) is -0.367. The van der Waals surface area contributed by atoms with E-state index in [0.717, 1.165) is 12.8 Å². The van der Waals surface area contributed by atoms with Crippen molar-refractivity contribution < 1.29 is 9.50 Å². The van der Waals surface area contributed by atoms with Gasteiger partial charge in [-0.2, -0.15) is 9.61 Å². The van der Waals surface area contributed by atoms with Crippen molar-refractivity contribution in [2.45, 2.75) is 18.9 Å². The standard InChI is InChI=1S/C22H18FN9O2/c23-15-8-14(31-6-5-24-11-31)3-4-16(15)27-18-9-19(26-13-1-2-13)32-20(29-18)12(10-25-32)7-17-21(33)30-22(34)28-17/h3-11,13,27,33H,1-2H2,(H2,28,30,34)/b12-7+,26-19?. The van der Waals surface area contributed by atoms with Crippen LogP contribution in [0.25, 0.3) is 17.4 Å². The molecule has 34 heavy (non-hydrogen) atoms. The highest BCUT2D eigenvalue weighted by atomic mass is 19.1. The van der Waals surface area contributed by atoms with Gasteiger partial charge in [-0.3, -0.25) is 9.98 Å². The van der Waals surface area contributed by atoms with Gasteiger partial charge in [0.2, 0.25) is 5.88 Å². The summed E-state index contributed by atoms with van der Waals surface area (Å²) in [7, 11) is 0. The second-order valence-electron chi connectivity index (χ2n) is 7.94. The van der Waals surface area contributed by atoms with Gasteiger partial charge in [-0.1, -0.05) is 0 Å². The average molecular weight is 459 g/mol. The van der Waals surface area contributed by atoms with E-state index in [1.165, 1.54) is 6.07 Å². The summed E-state index contributed by atoms with van der Waals surface area (Å²) in [4.78, 5) is 29.5. The van der Waals surface area contributed by atoms with Crippen molar-refractivity contribution >= 4 is 23.2 Å². The first kappa shape index (κ1) is 19.9. The highest BCUT2D eigenvalue weighted by Crippen LogP contribution is 2.23. The van der Waals surface area contributed by atoms with Crippen LogP contribution in [-0.2, 0) is 0 Å². The lowest BCUT2D eigenvalue weighted by atomic mass is 10.2. The lowest BCUT2D eigenvalue weighted by Gasteiger charge is -2.09. The van der Waals surface area contributed by atoms with Gasteiger partial charge in [-0.05, 0) is 31.1 Å². The van der Waals surface area contributed by atoms with Crippen LogP contribution < -0.4 is 21.7 Å². The molecule has 0 atom stereocenters. The number of H-pyrrole nitrogens is 2. The van der Waals surface area contributed by atoms with Gasteiger partial charge in [0, 0.05) is 35.4 Å². The molecule has 1 saturated carbocycles. The Balaban J connectivity index is 1.45. The minimum absolute atomic E-state index is 0.196. The van der Waals surface area contributed by atoms with Crippen molar-refractivity contribution in [2.24, 2.45) is 4.99 Å². The molecule has 4 heterocycles. The maximum Gasteiger partial charge on any atom is 0.326 e. The molecule has 0 spiro atoms. The molecule has 0 amide bonds. The van der Waals surface area contributed by atoms with E-state index in [9.17, 15) is 14.3 Å². The average Bonchev–Trinajstić information content (AvgIpc) is 3.18. The Morgan fingerprint density at radius 1 is 1.26 bits per heavy atom. The van der Waals surface area contributed by atoms with Crippen LogP contribution >= 0.6 is 0 Å². The molecule has 1 aliphatic carbocycles. The van der Waals surface area contributed by atoms with Gasteiger partial charge in [0.1, 0.15) is 17.3 Å². The van der Waals surface area contributed by atoms with E-state index in [-0.39, 0.29) is 23.3 Å². The van der Waals surface area contributed by atoms with E-state index in [2.05, 4.69) is 30.4 Å². The number of nitrogens with one attached hydrogen (secondary N) is 3. The second-order valence-corrected chi connectivity index (χ2v) is 7.94. The molecule has 0 radical (unpaired) electrons. The van der Waals surface area contributed by atoms with E-state index in [0.29, 0.717) is 27.9 Å². The van der Waals surface area contributed by atoms with Gasteiger partial charge in [0.05, 0.1) is 24.3 Å². The Labute approximate surface area is 190 Å². The predicted molar refractivity (Wildman–Crippen MR) is 120 cm³/mol. The lowest BCUT2D eigenvalue weighted by Crippen LogP contribution is -2.20. The number of fused-ring (bicyclic) bond motifs is 1. The maximum atomic E-state index is 14.9. The molecule has 0 aliphatic heterocycles. The monoisotopic (exact) mass is 459 g/mol. The van der Waals surface area contributed by atoms with Crippen LogP contribution in [0.15, 0.2) is 59.0 Å². The number of aromatic hydroxyl groups is 1. The van der Waals surface area contributed by atoms with Crippen LogP contribution in [0.3, 0.4) is 0 Å². The Morgan fingerprint density at radius 3 is 2.85 bits per heavy atom. The molecular weight excluding hydrogens is 441 g/mol. The number of anilines is 2. The van der Waals surface area contributed by atoms with Crippen molar-refractivity contribution in [3.63, 3.8) is 0 Å². The quantitative estimate of drug-likeness (QED) is 0.311. The van der Waals surface area contributed by atoms with Crippen LogP contribution in [0.1, 0.15) is 18.5 Å². The minimum atomic E-state index is -0.533. The van der Waals surface area contributed by atoms with Gasteiger partial charge in [-0.25, -0.2) is 19.2 Å². The molecule has 1 fully saturated rings. The zero-order valence-electron chi connectivity index (χ0n) is 17.6. The smallest absolute Gasteiger partial charge is 0.326 e. The summed E-state index contributed by atoms with van der Waals surface area (Å²) in [6.45, 7) is 0. The third kappa shape index (κ3) is 3.70. The molecule has 0 saturated heterocycles. The lowest BCUT2D eigenvalue weighted by molar-refractivity contribution is 0.454. The molecule has 0 unspecified atom stereocenters. The molecule has 0 bridgehead atoms. The molecule has 4 N–H and O–H groups in total. The number of aromatic amines is 2. The molecule has 11 nitrogen and oxygen atoms in total. The number of halogens is 1. The van der Waals surface area contributed by atoms with Crippen LogP contribution in [0.2, 0.25) is 0 Å². The van der Waals surface area contributed by atoms with E-state index in [4.69, 9.17) is 4.99 Å². The summed E-state index contributed by atoms with van der Waals surface area (Å²) in [6, 6.07) is 6.72. The Kier molecular flexibility index (Phi) is 4.50. The van der Waals surface area contributed by atoms with Gasteiger partial charge in [-0.15, -0.1) is 0 Å². The zero-order valence-corrected chi connectivity index (χ0v) is 17.6. The van der Waals surface area contributed by atoms with Crippen LogP contribution in [-0.4, -0.2) is 45.3 Å². The number of nitrogens with zero attached hydrogens (tertiary/aromatic N) is 6. The molecule has 1 aliphatic rings. The fraction of sp³-hybridized carbons (Fsp3) is 0.136. The summed E-state index contributed by atoms with van der Waals surface area (Å²) < 4.78 is 18.2. The first-order valence-corrected chi connectivity index (χ1v) is 10.5. The Bertz CT molecular complexity index is 1690. The molecule has 6 rings (SSSR count). The Morgan fingerprint density at radius 2 is 2.15 bits per heavy atom. The minimum Gasteiger partial charge on any atom is -0.493 e. The first-order valence-electron chi connectivity index (χ1n) is 10.5. The van der Waals surface area contributed by atoms with Crippen LogP contribution in [0.5, 0.6) is 5.88 Å². The van der Waals surface area contributed by atoms with E-state index in [1.807, 2.05) is 0 Å². The van der Waals surface area contributed by atoms with Crippen molar-refractivity contribution in [3.05, 3.63) is 81.9 Å². The first-order chi connectivity index (χ1) is 16.5. The highest BCUT2D eigenvalue weighted by molar-refractivity contribution is 5.62. The number of aromatic nitrogens is 7. The van der Waals surface area contributed by atoms with E-state index in [1.54, 1.807) is 58.3 Å². The number of imidazole rings is 2.